The SMILES string of the molecule is CCOC(=O)NSCNC1CCOCC1. The Morgan fingerprint density at radius 2 is 2.27 bits per heavy atom. The molecule has 1 rings (SSSR count). The molecular formula is C9H18N2O3S. The van der Waals surface area contributed by atoms with E-state index in [1.54, 1.807) is 6.92 Å². The predicted octanol–water partition coefficient (Wildman–Crippen LogP) is 1.11. The van der Waals surface area contributed by atoms with Gasteiger partial charge in [0.05, 0.1) is 12.5 Å². The first kappa shape index (κ1) is 12.6. The minimum atomic E-state index is -0.378. The molecule has 1 amide bonds. The van der Waals surface area contributed by atoms with E-state index < -0.39 is 0 Å². The molecule has 0 aromatic carbocycles. The van der Waals surface area contributed by atoms with Gasteiger partial charge in [-0.3, -0.25) is 4.72 Å². The van der Waals surface area contributed by atoms with E-state index in [1.807, 2.05) is 0 Å². The third-order valence-electron chi connectivity index (χ3n) is 2.10. The van der Waals surface area contributed by atoms with Gasteiger partial charge in [-0.05, 0) is 31.7 Å². The molecule has 0 aromatic rings. The molecule has 15 heavy (non-hydrogen) atoms. The third-order valence-corrected chi connectivity index (χ3v) is 2.72. The number of rotatable bonds is 5. The zero-order valence-corrected chi connectivity index (χ0v) is 9.77. The van der Waals surface area contributed by atoms with Crippen LogP contribution in [0.2, 0.25) is 0 Å². The van der Waals surface area contributed by atoms with E-state index in [1.165, 1.54) is 11.9 Å². The lowest BCUT2D eigenvalue weighted by atomic mass is 10.1. The van der Waals surface area contributed by atoms with Crippen LogP contribution in [-0.4, -0.2) is 37.8 Å². The van der Waals surface area contributed by atoms with Gasteiger partial charge >= 0.3 is 6.09 Å². The van der Waals surface area contributed by atoms with Crippen LogP contribution < -0.4 is 10.0 Å². The quantitative estimate of drug-likeness (QED) is 0.424. The van der Waals surface area contributed by atoms with Crippen molar-refractivity contribution in [3.05, 3.63) is 0 Å². The summed E-state index contributed by atoms with van der Waals surface area (Å²) in [6, 6.07) is 0.509. The number of amides is 1. The zero-order chi connectivity index (χ0) is 10.9. The standard InChI is InChI=1S/C9H18N2O3S/c1-2-14-9(12)11-15-7-10-8-3-5-13-6-4-8/h8,10H,2-7H2,1H3,(H,11,12). The van der Waals surface area contributed by atoms with Crippen LogP contribution in [0.15, 0.2) is 0 Å². The second kappa shape index (κ2) is 7.78. The van der Waals surface area contributed by atoms with Gasteiger partial charge in [0, 0.05) is 19.3 Å². The fourth-order valence-electron chi connectivity index (χ4n) is 1.32. The highest BCUT2D eigenvalue weighted by Gasteiger charge is 2.12. The highest BCUT2D eigenvalue weighted by atomic mass is 32.2. The molecule has 0 aliphatic carbocycles. The summed E-state index contributed by atoms with van der Waals surface area (Å²) in [7, 11) is 0. The van der Waals surface area contributed by atoms with Crippen LogP contribution >= 0.6 is 11.9 Å². The predicted molar refractivity (Wildman–Crippen MR) is 59.6 cm³/mol. The molecule has 1 heterocycles. The highest BCUT2D eigenvalue weighted by molar-refractivity contribution is 7.97. The Morgan fingerprint density at radius 1 is 1.53 bits per heavy atom. The molecule has 2 N–H and O–H groups in total. The van der Waals surface area contributed by atoms with E-state index in [9.17, 15) is 4.79 Å². The lowest BCUT2D eigenvalue weighted by Crippen LogP contribution is -2.35. The Morgan fingerprint density at radius 3 is 2.93 bits per heavy atom. The molecule has 1 saturated heterocycles. The van der Waals surface area contributed by atoms with Crippen LogP contribution in [0.4, 0.5) is 4.79 Å². The number of ether oxygens (including phenoxy) is 2. The van der Waals surface area contributed by atoms with Crippen molar-refractivity contribution in [1.29, 1.82) is 0 Å². The summed E-state index contributed by atoms with van der Waals surface area (Å²) in [5, 5.41) is 3.33. The molecule has 0 radical (unpaired) electrons. The molecule has 1 fully saturated rings. The molecule has 5 nitrogen and oxygen atoms in total. The summed E-state index contributed by atoms with van der Waals surface area (Å²) in [5.74, 6) is 0.698. The maximum Gasteiger partial charge on any atom is 0.417 e. The van der Waals surface area contributed by atoms with Crippen molar-refractivity contribution >= 4 is 18.0 Å². The fraction of sp³-hybridized carbons (Fsp3) is 0.889. The molecule has 88 valence electrons. The third kappa shape index (κ3) is 5.86. The van der Waals surface area contributed by atoms with Gasteiger partial charge in [-0.15, -0.1) is 0 Å². The molecule has 1 aliphatic heterocycles. The summed E-state index contributed by atoms with van der Waals surface area (Å²) < 4.78 is 12.5. The van der Waals surface area contributed by atoms with E-state index in [0.29, 0.717) is 18.5 Å². The van der Waals surface area contributed by atoms with Gasteiger partial charge in [0.25, 0.3) is 0 Å². The molecule has 1 aliphatic rings. The van der Waals surface area contributed by atoms with E-state index in [-0.39, 0.29) is 6.09 Å². The van der Waals surface area contributed by atoms with Gasteiger partial charge in [-0.25, -0.2) is 4.79 Å². The lowest BCUT2D eigenvalue weighted by molar-refractivity contribution is 0.0795. The Kier molecular flexibility index (Phi) is 6.54. The van der Waals surface area contributed by atoms with Crippen molar-refractivity contribution in [2.24, 2.45) is 0 Å². The van der Waals surface area contributed by atoms with Gasteiger partial charge < -0.3 is 14.8 Å². The second-order valence-electron chi connectivity index (χ2n) is 3.20. The highest BCUT2D eigenvalue weighted by Crippen LogP contribution is 2.06. The molecule has 0 aromatic heterocycles. The smallest absolute Gasteiger partial charge is 0.417 e. The van der Waals surface area contributed by atoms with Gasteiger partial charge in [-0.2, -0.15) is 0 Å². The van der Waals surface area contributed by atoms with E-state index in [4.69, 9.17) is 9.47 Å². The monoisotopic (exact) mass is 234 g/mol. The van der Waals surface area contributed by atoms with Crippen LogP contribution in [0.5, 0.6) is 0 Å². The first-order chi connectivity index (χ1) is 7.33. The number of nitrogens with one attached hydrogen (secondary N) is 2. The minimum absolute atomic E-state index is 0.378. The molecule has 0 spiro atoms. The van der Waals surface area contributed by atoms with Crippen molar-refractivity contribution in [3.63, 3.8) is 0 Å². The summed E-state index contributed by atoms with van der Waals surface area (Å²) in [6.45, 7) is 3.84. The van der Waals surface area contributed by atoms with Crippen LogP contribution in [-0.2, 0) is 9.47 Å². The second-order valence-corrected chi connectivity index (χ2v) is 3.98. The Bertz CT molecular complexity index is 186. The fourth-order valence-corrected chi connectivity index (χ4v) is 1.88. The Labute approximate surface area is 94.4 Å². The van der Waals surface area contributed by atoms with Crippen LogP contribution in [0, 0.1) is 0 Å². The number of hydrogen-bond acceptors (Lipinski definition) is 5. The van der Waals surface area contributed by atoms with Crippen molar-refractivity contribution in [2.75, 3.05) is 25.7 Å². The van der Waals surface area contributed by atoms with Crippen LogP contribution in [0.1, 0.15) is 19.8 Å². The first-order valence-electron chi connectivity index (χ1n) is 5.18. The topological polar surface area (TPSA) is 59.6 Å². The average molecular weight is 234 g/mol. The lowest BCUT2D eigenvalue weighted by Gasteiger charge is -2.22. The van der Waals surface area contributed by atoms with Gasteiger partial charge in [0.1, 0.15) is 0 Å². The maximum atomic E-state index is 10.9. The van der Waals surface area contributed by atoms with E-state index >= 15 is 0 Å². The Balaban J connectivity index is 1.93. The minimum Gasteiger partial charge on any atom is -0.449 e. The van der Waals surface area contributed by atoms with Gasteiger partial charge in [0.15, 0.2) is 0 Å². The molecule has 0 saturated carbocycles. The van der Waals surface area contributed by atoms with E-state index in [0.717, 1.165) is 26.1 Å². The molecule has 0 unspecified atom stereocenters. The molecule has 0 bridgehead atoms. The normalized spacial score (nSPS) is 17.4. The van der Waals surface area contributed by atoms with Crippen molar-refractivity contribution < 1.29 is 14.3 Å². The first-order valence-corrected chi connectivity index (χ1v) is 6.17. The Hall–Kier alpha value is -0.460. The summed E-state index contributed by atoms with van der Waals surface area (Å²) in [6.07, 6.45) is 1.70. The van der Waals surface area contributed by atoms with Crippen LogP contribution in [0.25, 0.3) is 0 Å². The van der Waals surface area contributed by atoms with Crippen molar-refractivity contribution in [2.45, 2.75) is 25.8 Å². The molecular weight excluding hydrogens is 216 g/mol. The summed E-state index contributed by atoms with van der Waals surface area (Å²) in [5.41, 5.74) is 0. The van der Waals surface area contributed by atoms with E-state index in [2.05, 4.69) is 10.0 Å². The number of carbonyl (C=O) groups excluding carboxylic acids is 1. The number of hydrogen-bond donors (Lipinski definition) is 2. The molecule has 6 heteroatoms. The summed E-state index contributed by atoms with van der Waals surface area (Å²) in [4.78, 5) is 10.9. The zero-order valence-electron chi connectivity index (χ0n) is 8.95. The average Bonchev–Trinajstić information content (AvgIpc) is 2.26. The van der Waals surface area contributed by atoms with Crippen LogP contribution in [0.3, 0.4) is 0 Å². The maximum absolute atomic E-state index is 10.9. The van der Waals surface area contributed by atoms with Gasteiger partial charge in [0.2, 0.25) is 0 Å². The largest absolute Gasteiger partial charge is 0.449 e. The van der Waals surface area contributed by atoms with Crippen molar-refractivity contribution in [3.8, 4) is 0 Å². The number of carbonyl (C=O) groups is 1. The van der Waals surface area contributed by atoms with Crippen molar-refractivity contribution in [1.82, 2.24) is 10.0 Å². The summed E-state index contributed by atoms with van der Waals surface area (Å²) >= 11 is 1.32. The molecule has 0 atom stereocenters. The van der Waals surface area contributed by atoms with Gasteiger partial charge in [-0.1, -0.05) is 0 Å².